The number of hydrogen-bond acceptors (Lipinski definition) is 5. The molecule has 2 N–H and O–H groups in total. The second kappa shape index (κ2) is 6.11. The maximum absolute atomic E-state index is 9.09. The molecule has 1 aromatic rings. The Morgan fingerprint density at radius 3 is 2.33 bits per heavy atom. The molecular weight excluding hydrogens is 228 g/mol. The van der Waals surface area contributed by atoms with Gasteiger partial charge in [0.25, 0.3) is 0 Å². The van der Waals surface area contributed by atoms with E-state index in [0.29, 0.717) is 5.95 Å². The van der Waals surface area contributed by atoms with E-state index in [-0.39, 0.29) is 18.2 Å². The molecule has 0 aliphatic rings. The zero-order valence-corrected chi connectivity index (χ0v) is 11.9. The van der Waals surface area contributed by atoms with Crippen LogP contribution in [0.4, 0.5) is 5.95 Å². The van der Waals surface area contributed by atoms with Gasteiger partial charge in [0, 0.05) is 37.1 Å². The van der Waals surface area contributed by atoms with Gasteiger partial charge in [-0.1, -0.05) is 0 Å². The fourth-order valence-corrected chi connectivity index (χ4v) is 1.31. The lowest BCUT2D eigenvalue weighted by molar-refractivity contribution is 0.269. The Bertz CT molecular complexity index is 358. The van der Waals surface area contributed by atoms with Crippen LogP contribution in [0.3, 0.4) is 0 Å². The number of nitrogens with one attached hydrogen (secondary N) is 1. The first kappa shape index (κ1) is 14.9. The number of likely N-dealkylation sites (N-methyl/N-ethyl adjacent to an activating group) is 1. The van der Waals surface area contributed by atoms with Crippen LogP contribution in [-0.2, 0) is 6.54 Å². The van der Waals surface area contributed by atoms with Gasteiger partial charge < -0.3 is 15.3 Å². The Balaban J connectivity index is 2.63. The fraction of sp³-hybridized carbons (Fsp3) is 0.692. The minimum absolute atomic E-state index is 0.0172. The molecule has 0 fully saturated rings. The molecule has 1 atom stereocenters. The summed E-state index contributed by atoms with van der Waals surface area (Å²) in [5, 5.41) is 12.5. The largest absolute Gasteiger partial charge is 0.394 e. The second-order valence-electron chi connectivity index (χ2n) is 5.64. The van der Waals surface area contributed by atoms with Crippen LogP contribution >= 0.6 is 0 Å². The van der Waals surface area contributed by atoms with Crippen molar-refractivity contribution < 1.29 is 5.11 Å². The molecule has 0 aliphatic carbocycles. The fourth-order valence-electron chi connectivity index (χ4n) is 1.31. The highest BCUT2D eigenvalue weighted by molar-refractivity contribution is 5.29. The lowest BCUT2D eigenvalue weighted by atomic mass is 10.1. The number of rotatable bonds is 5. The number of aliphatic hydroxyl groups is 1. The predicted octanol–water partition coefficient (Wildman–Crippen LogP) is 1.18. The van der Waals surface area contributed by atoms with Crippen LogP contribution < -0.4 is 10.2 Å². The Hall–Kier alpha value is -1.20. The van der Waals surface area contributed by atoms with E-state index in [1.807, 2.05) is 31.3 Å². The highest BCUT2D eigenvalue weighted by atomic mass is 16.3. The van der Waals surface area contributed by atoms with Gasteiger partial charge in [-0.15, -0.1) is 0 Å². The zero-order chi connectivity index (χ0) is 13.8. The molecule has 0 radical (unpaired) electrons. The van der Waals surface area contributed by atoms with E-state index < -0.39 is 0 Å². The summed E-state index contributed by atoms with van der Waals surface area (Å²) in [5.41, 5.74) is 1.14. The number of hydrogen-bond donors (Lipinski definition) is 2. The first-order valence-electron chi connectivity index (χ1n) is 6.23. The number of aromatic nitrogens is 2. The summed E-state index contributed by atoms with van der Waals surface area (Å²) in [6.45, 7) is 9.14. The van der Waals surface area contributed by atoms with E-state index in [4.69, 9.17) is 5.11 Å². The van der Waals surface area contributed by atoms with Crippen molar-refractivity contribution in [3.05, 3.63) is 18.0 Å². The van der Waals surface area contributed by atoms with Gasteiger partial charge in [0.1, 0.15) is 0 Å². The standard InChI is InChI=1S/C13H24N4O/c1-10(9-18)17(5)12-14-6-11(7-15-12)8-16-13(2,3)4/h6-7,10,16,18H,8-9H2,1-5H3. The van der Waals surface area contributed by atoms with E-state index in [9.17, 15) is 0 Å². The van der Waals surface area contributed by atoms with Gasteiger partial charge in [-0.05, 0) is 27.7 Å². The molecule has 1 rings (SSSR count). The Morgan fingerprint density at radius 2 is 1.89 bits per heavy atom. The van der Waals surface area contributed by atoms with Gasteiger partial charge in [0.15, 0.2) is 0 Å². The van der Waals surface area contributed by atoms with Gasteiger partial charge >= 0.3 is 0 Å². The van der Waals surface area contributed by atoms with Crippen molar-refractivity contribution in [1.82, 2.24) is 15.3 Å². The monoisotopic (exact) mass is 252 g/mol. The van der Waals surface area contributed by atoms with E-state index in [1.54, 1.807) is 0 Å². The highest BCUT2D eigenvalue weighted by Gasteiger charge is 2.12. The van der Waals surface area contributed by atoms with E-state index >= 15 is 0 Å². The molecule has 0 saturated heterocycles. The summed E-state index contributed by atoms with van der Waals surface area (Å²) in [6, 6.07) is 0.0172. The summed E-state index contributed by atoms with van der Waals surface area (Å²) < 4.78 is 0. The second-order valence-corrected chi connectivity index (χ2v) is 5.64. The summed E-state index contributed by atoms with van der Waals surface area (Å²) >= 11 is 0. The number of aliphatic hydroxyl groups excluding tert-OH is 1. The first-order chi connectivity index (χ1) is 8.33. The van der Waals surface area contributed by atoms with Gasteiger partial charge in [0.05, 0.1) is 12.6 Å². The molecule has 0 bridgehead atoms. The maximum Gasteiger partial charge on any atom is 0.225 e. The zero-order valence-electron chi connectivity index (χ0n) is 11.9. The van der Waals surface area contributed by atoms with Crippen molar-refractivity contribution >= 4 is 5.95 Å². The van der Waals surface area contributed by atoms with Crippen LogP contribution in [0.15, 0.2) is 12.4 Å². The summed E-state index contributed by atoms with van der Waals surface area (Å²) in [7, 11) is 1.88. The normalized spacial score (nSPS) is 13.4. The molecule has 0 amide bonds. The average molecular weight is 252 g/mol. The number of anilines is 1. The van der Waals surface area contributed by atoms with Crippen LogP contribution in [0.25, 0.3) is 0 Å². The van der Waals surface area contributed by atoms with Crippen LogP contribution in [0, 0.1) is 0 Å². The molecular formula is C13H24N4O. The Morgan fingerprint density at radius 1 is 1.33 bits per heavy atom. The third kappa shape index (κ3) is 4.58. The van der Waals surface area contributed by atoms with Crippen molar-refractivity contribution in [2.75, 3.05) is 18.6 Å². The molecule has 18 heavy (non-hydrogen) atoms. The summed E-state index contributed by atoms with van der Waals surface area (Å²) in [6.07, 6.45) is 3.64. The number of nitrogens with zero attached hydrogens (tertiary/aromatic N) is 3. The van der Waals surface area contributed by atoms with Gasteiger partial charge in [-0.25, -0.2) is 9.97 Å². The molecule has 1 aromatic heterocycles. The smallest absolute Gasteiger partial charge is 0.225 e. The summed E-state index contributed by atoms with van der Waals surface area (Å²) in [4.78, 5) is 10.5. The van der Waals surface area contributed by atoms with Crippen molar-refractivity contribution in [2.24, 2.45) is 0 Å². The van der Waals surface area contributed by atoms with Crippen LogP contribution in [0.5, 0.6) is 0 Å². The van der Waals surface area contributed by atoms with Gasteiger partial charge in [0.2, 0.25) is 5.95 Å². The highest BCUT2D eigenvalue weighted by Crippen LogP contribution is 2.09. The van der Waals surface area contributed by atoms with Crippen molar-refractivity contribution in [3.63, 3.8) is 0 Å². The molecule has 0 aromatic carbocycles. The van der Waals surface area contributed by atoms with Crippen LogP contribution in [0.2, 0.25) is 0 Å². The SMILES string of the molecule is CC(CO)N(C)c1ncc(CNC(C)(C)C)cn1. The predicted molar refractivity (Wildman–Crippen MR) is 73.6 cm³/mol. The quantitative estimate of drug-likeness (QED) is 0.824. The lowest BCUT2D eigenvalue weighted by Gasteiger charge is -2.23. The van der Waals surface area contributed by atoms with E-state index in [1.165, 1.54) is 0 Å². The van der Waals surface area contributed by atoms with Crippen molar-refractivity contribution in [2.45, 2.75) is 45.8 Å². The molecule has 5 heteroatoms. The molecule has 0 spiro atoms. The van der Waals surface area contributed by atoms with E-state index in [2.05, 4.69) is 36.1 Å². The molecule has 1 heterocycles. The molecule has 102 valence electrons. The minimum atomic E-state index is 0.0172. The summed E-state index contributed by atoms with van der Waals surface area (Å²) in [5.74, 6) is 0.635. The van der Waals surface area contributed by atoms with Crippen LogP contribution in [0.1, 0.15) is 33.3 Å². The van der Waals surface area contributed by atoms with Crippen LogP contribution in [-0.4, -0.2) is 40.3 Å². The third-order valence-corrected chi connectivity index (χ3v) is 2.76. The topological polar surface area (TPSA) is 61.3 Å². The van der Waals surface area contributed by atoms with Gasteiger partial charge in [-0.2, -0.15) is 0 Å². The lowest BCUT2D eigenvalue weighted by Crippen LogP contribution is -2.35. The third-order valence-electron chi connectivity index (χ3n) is 2.76. The maximum atomic E-state index is 9.09. The average Bonchev–Trinajstić information content (AvgIpc) is 2.34. The van der Waals surface area contributed by atoms with E-state index in [0.717, 1.165) is 12.1 Å². The first-order valence-corrected chi connectivity index (χ1v) is 6.23. The molecule has 1 unspecified atom stereocenters. The minimum Gasteiger partial charge on any atom is -0.394 e. The molecule has 5 nitrogen and oxygen atoms in total. The molecule has 0 saturated carbocycles. The van der Waals surface area contributed by atoms with Gasteiger partial charge in [-0.3, -0.25) is 0 Å². The van der Waals surface area contributed by atoms with Crippen molar-refractivity contribution in [1.29, 1.82) is 0 Å². The molecule has 0 aliphatic heterocycles. The van der Waals surface area contributed by atoms with Crippen molar-refractivity contribution in [3.8, 4) is 0 Å². The Labute approximate surface area is 109 Å². The Kier molecular flexibility index (Phi) is 5.04.